The number of rotatable bonds is 7. The summed E-state index contributed by atoms with van der Waals surface area (Å²) in [5.74, 6) is -1.30. The molecule has 2 aromatic carbocycles. The van der Waals surface area contributed by atoms with Crippen molar-refractivity contribution in [3.05, 3.63) is 83.7 Å². The highest BCUT2D eigenvalue weighted by molar-refractivity contribution is 6.31. The Morgan fingerprint density at radius 2 is 1.97 bits per heavy atom. The molecule has 0 fully saturated rings. The predicted molar refractivity (Wildman–Crippen MR) is 111 cm³/mol. The maximum absolute atomic E-state index is 12.3. The van der Waals surface area contributed by atoms with Crippen molar-refractivity contribution >= 4 is 29.2 Å². The van der Waals surface area contributed by atoms with E-state index in [0.29, 0.717) is 22.9 Å². The minimum Gasteiger partial charge on any atom is -0.451 e. The summed E-state index contributed by atoms with van der Waals surface area (Å²) >= 11 is 6.03. The third kappa shape index (κ3) is 5.11. The lowest BCUT2D eigenvalue weighted by Crippen LogP contribution is -2.22. The van der Waals surface area contributed by atoms with Crippen molar-refractivity contribution in [3.63, 3.8) is 0 Å². The van der Waals surface area contributed by atoms with E-state index >= 15 is 0 Å². The van der Waals surface area contributed by atoms with E-state index < -0.39 is 18.5 Å². The van der Waals surface area contributed by atoms with Crippen LogP contribution >= 0.6 is 11.6 Å². The summed E-state index contributed by atoms with van der Waals surface area (Å²) in [7, 11) is 0. The molecule has 0 spiro atoms. The van der Waals surface area contributed by atoms with Crippen LogP contribution in [0.1, 0.15) is 16.1 Å². The summed E-state index contributed by atoms with van der Waals surface area (Å²) < 4.78 is 8.04. The van der Waals surface area contributed by atoms with Crippen LogP contribution in [0.25, 0.3) is 5.69 Å². The van der Waals surface area contributed by atoms with Crippen molar-refractivity contribution in [3.8, 4) is 5.69 Å². The third-order valence-electron chi connectivity index (χ3n) is 4.17. The lowest BCUT2D eigenvalue weighted by atomic mass is 10.2. The summed E-state index contributed by atoms with van der Waals surface area (Å²) in [6.45, 7) is -0.0465. The van der Waals surface area contributed by atoms with Gasteiger partial charge in [0.15, 0.2) is 12.3 Å². The van der Waals surface area contributed by atoms with E-state index in [1.54, 1.807) is 18.2 Å². The Bertz CT molecular complexity index is 1190. The standard InChI is InChI=1S/C20H16ClN7O3/c21-15-6-7-18(28-13-22-12-23-28)16(8-15)24-19(29)11-31-20(30)17-10-27(26-25-17)9-14-4-2-1-3-5-14/h1-8,10,12-13H,9,11H2,(H,24,29). The van der Waals surface area contributed by atoms with Crippen molar-refractivity contribution in [2.75, 3.05) is 11.9 Å². The van der Waals surface area contributed by atoms with Crippen LogP contribution in [0, 0.1) is 0 Å². The van der Waals surface area contributed by atoms with Crippen molar-refractivity contribution < 1.29 is 14.3 Å². The molecule has 0 unspecified atom stereocenters. The Hall–Kier alpha value is -4.05. The smallest absolute Gasteiger partial charge is 0.361 e. The molecule has 0 aliphatic rings. The lowest BCUT2D eigenvalue weighted by molar-refractivity contribution is -0.119. The second-order valence-corrected chi connectivity index (χ2v) is 6.85. The van der Waals surface area contributed by atoms with Crippen LogP contribution in [-0.4, -0.2) is 48.2 Å². The second kappa shape index (κ2) is 9.18. The van der Waals surface area contributed by atoms with Gasteiger partial charge in [-0.15, -0.1) is 5.10 Å². The van der Waals surface area contributed by atoms with E-state index in [-0.39, 0.29) is 5.69 Å². The molecule has 0 radical (unpaired) electrons. The van der Waals surface area contributed by atoms with Crippen LogP contribution in [0.4, 0.5) is 5.69 Å². The lowest BCUT2D eigenvalue weighted by Gasteiger charge is -2.11. The molecular formula is C20H16ClN7O3. The number of esters is 1. The Labute approximate surface area is 181 Å². The van der Waals surface area contributed by atoms with E-state index in [1.165, 1.54) is 28.2 Å². The third-order valence-corrected chi connectivity index (χ3v) is 4.40. The topological polar surface area (TPSA) is 117 Å². The fraction of sp³-hybridized carbons (Fsp3) is 0.100. The minimum atomic E-state index is -0.753. The quantitative estimate of drug-likeness (QED) is 0.441. The molecule has 1 amide bonds. The monoisotopic (exact) mass is 437 g/mol. The van der Waals surface area contributed by atoms with Gasteiger partial charge in [0.2, 0.25) is 0 Å². The highest BCUT2D eigenvalue weighted by atomic mass is 35.5. The number of carbonyl (C=O) groups is 2. The predicted octanol–water partition coefficient (Wildman–Crippen LogP) is 2.36. The molecule has 2 aromatic heterocycles. The number of nitrogens with zero attached hydrogens (tertiary/aromatic N) is 6. The molecule has 2 heterocycles. The number of ether oxygens (including phenoxy) is 1. The van der Waals surface area contributed by atoms with Crippen molar-refractivity contribution in [2.24, 2.45) is 0 Å². The average molecular weight is 438 g/mol. The van der Waals surface area contributed by atoms with Gasteiger partial charge in [-0.25, -0.2) is 19.1 Å². The van der Waals surface area contributed by atoms with Gasteiger partial charge in [0.25, 0.3) is 5.91 Å². The summed E-state index contributed by atoms with van der Waals surface area (Å²) in [6.07, 6.45) is 4.32. The molecule has 0 aliphatic carbocycles. The van der Waals surface area contributed by atoms with Gasteiger partial charge >= 0.3 is 5.97 Å². The molecule has 0 saturated heterocycles. The number of hydrogen-bond acceptors (Lipinski definition) is 7. The number of hydrogen-bond donors (Lipinski definition) is 1. The van der Waals surface area contributed by atoms with E-state index in [4.69, 9.17) is 16.3 Å². The summed E-state index contributed by atoms with van der Waals surface area (Å²) in [5.41, 5.74) is 1.98. The fourth-order valence-electron chi connectivity index (χ4n) is 2.77. The highest BCUT2D eigenvalue weighted by Crippen LogP contribution is 2.23. The molecule has 31 heavy (non-hydrogen) atoms. The zero-order valence-corrected chi connectivity index (χ0v) is 16.8. The zero-order valence-electron chi connectivity index (χ0n) is 16.1. The largest absolute Gasteiger partial charge is 0.451 e. The molecule has 0 atom stereocenters. The van der Waals surface area contributed by atoms with Gasteiger partial charge in [-0.2, -0.15) is 5.10 Å². The summed E-state index contributed by atoms with van der Waals surface area (Å²) in [5, 5.41) is 14.8. The second-order valence-electron chi connectivity index (χ2n) is 6.41. The van der Waals surface area contributed by atoms with Crippen LogP contribution < -0.4 is 5.32 Å². The van der Waals surface area contributed by atoms with Crippen LogP contribution in [0.3, 0.4) is 0 Å². The van der Waals surface area contributed by atoms with Crippen LogP contribution in [0.5, 0.6) is 0 Å². The number of nitrogens with one attached hydrogen (secondary N) is 1. The van der Waals surface area contributed by atoms with Gasteiger partial charge in [-0.05, 0) is 23.8 Å². The van der Waals surface area contributed by atoms with E-state index in [1.807, 2.05) is 30.3 Å². The first-order chi connectivity index (χ1) is 15.1. The number of anilines is 1. The maximum Gasteiger partial charge on any atom is 0.361 e. The number of aromatic nitrogens is 6. The van der Waals surface area contributed by atoms with Crippen molar-refractivity contribution in [1.29, 1.82) is 0 Å². The van der Waals surface area contributed by atoms with Crippen LogP contribution in [-0.2, 0) is 16.1 Å². The van der Waals surface area contributed by atoms with Gasteiger partial charge in [0.1, 0.15) is 12.7 Å². The van der Waals surface area contributed by atoms with Gasteiger partial charge in [-0.3, -0.25) is 4.79 Å². The first-order valence-corrected chi connectivity index (χ1v) is 9.52. The molecule has 0 bridgehead atoms. The van der Waals surface area contributed by atoms with Crippen LogP contribution in [0.2, 0.25) is 5.02 Å². The molecule has 11 heteroatoms. The first kappa shape index (κ1) is 20.2. The zero-order chi connectivity index (χ0) is 21.6. The Morgan fingerprint density at radius 1 is 1.13 bits per heavy atom. The molecule has 0 saturated carbocycles. The molecule has 156 valence electrons. The molecule has 4 rings (SSSR count). The SMILES string of the molecule is O=C(COC(=O)c1cn(Cc2ccccc2)nn1)Nc1cc(Cl)ccc1-n1cncn1. The average Bonchev–Trinajstić information content (AvgIpc) is 3.45. The van der Waals surface area contributed by atoms with E-state index in [9.17, 15) is 9.59 Å². The van der Waals surface area contributed by atoms with Gasteiger partial charge in [-0.1, -0.05) is 47.1 Å². The Balaban J connectivity index is 1.35. The minimum absolute atomic E-state index is 0.00907. The van der Waals surface area contributed by atoms with Gasteiger partial charge in [0.05, 0.1) is 24.1 Å². The highest BCUT2D eigenvalue weighted by Gasteiger charge is 2.16. The van der Waals surface area contributed by atoms with Crippen LogP contribution in [0.15, 0.2) is 67.4 Å². The summed E-state index contributed by atoms with van der Waals surface area (Å²) in [6, 6.07) is 14.5. The first-order valence-electron chi connectivity index (χ1n) is 9.14. The van der Waals surface area contributed by atoms with E-state index in [2.05, 4.69) is 25.7 Å². The maximum atomic E-state index is 12.3. The molecule has 0 aliphatic heterocycles. The Kier molecular flexibility index (Phi) is 5.99. The molecule has 1 N–H and O–H groups in total. The number of carbonyl (C=O) groups excluding carboxylic acids is 2. The Morgan fingerprint density at radius 3 is 2.74 bits per heavy atom. The number of benzene rings is 2. The molecular weight excluding hydrogens is 422 g/mol. The van der Waals surface area contributed by atoms with Gasteiger partial charge < -0.3 is 10.1 Å². The van der Waals surface area contributed by atoms with Crippen molar-refractivity contribution in [2.45, 2.75) is 6.54 Å². The van der Waals surface area contributed by atoms with E-state index in [0.717, 1.165) is 5.56 Å². The molecule has 4 aromatic rings. The normalized spacial score (nSPS) is 10.6. The number of halogens is 1. The summed E-state index contributed by atoms with van der Waals surface area (Å²) in [4.78, 5) is 28.4. The van der Waals surface area contributed by atoms with Crippen molar-refractivity contribution in [1.82, 2.24) is 29.8 Å². The number of amides is 1. The van der Waals surface area contributed by atoms with Gasteiger partial charge in [0, 0.05) is 5.02 Å². The fourth-order valence-corrected chi connectivity index (χ4v) is 2.94. The molecule has 10 nitrogen and oxygen atoms in total.